The Balaban J connectivity index is 2.28. The van der Waals surface area contributed by atoms with E-state index >= 15 is 0 Å². The fraction of sp³-hybridized carbons (Fsp3) is 0.364. The van der Waals surface area contributed by atoms with Gasteiger partial charge in [0.1, 0.15) is 5.75 Å². The van der Waals surface area contributed by atoms with Gasteiger partial charge in [0.15, 0.2) is 6.79 Å². The van der Waals surface area contributed by atoms with Crippen LogP contribution in [0.25, 0.3) is 0 Å². The summed E-state index contributed by atoms with van der Waals surface area (Å²) in [5.41, 5.74) is 0.574. The zero-order chi connectivity index (χ0) is 10.9. The Morgan fingerprint density at radius 2 is 2.20 bits per heavy atom. The maximum Gasteiger partial charge on any atom is 0.189 e. The van der Waals surface area contributed by atoms with Crippen molar-refractivity contribution in [1.82, 2.24) is 0 Å². The predicted octanol–water partition coefficient (Wildman–Crippen LogP) is 1.56. The van der Waals surface area contributed by atoms with Crippen LogP contribution in [-0.4, -0.2) is 27.1 Å². The molecule has 0 aromatic heterocycles. The molecule has 0 fully saturated rings. The normalized spacial score (nSPS) is 9.60. The molecule has 0 unspecified atom stereocenters. The molecule has 1 aromatic carbocycles. The number of benzene rings is 1. The minimum absolute atomic E-state index is 0.165. The number of nitriles is 1. The van der Waals surface area contributed by atoms with Gasteiger partial charge in [-0.1, -0.05) is 6.07 Å². The van der Waals surface area contributed by atoms with Gasteiger partial charge in [-0.05, 0) is 18.2 Å². The number of methoxy groups -OCH3 is 1. The van der Waals surface area contributed by atoms with Crippen LogP contribution in [0.1, 0.15) is 5.56 Å². The highest BCUT2D eigenvalue weighted by molar-refractivity contribution is 5.35. The quantitative estimate of drug-likeness (QED) is 0.524. The van der Waals surface area contributed by atoms with Crippen molar-refractivity contribution >= 4 is 0 Å². The van der Waals surface area contributed by atoms with E-state index in [-0.39, 0.29) is 6.79 Å². The zero-order valence-electron chi connectivity index (χ0n) is 8.60. The second-order valence-corrected chi connectivity index (χ2v) is 2.80. The van der Waals surface area contributed by atoms with E-state index in [1.165, 1.54) is 0 Å². The van der Waals surface area contributed by atoms with Gasteiger partial charge < -0.3 is 14.2 Å². The predicted molar refractivity (Wildman–Crippen MR) is 54.5 cm³/mol. The van der Waals surface area contributed by atoms with Gasteiger partial charge in [0.05, 0.1) is 24.8 Å². The Bertz CT molecular complexity index is 333. The van der Waals surface area contributed by atoms with Crippen LogP contribution in [0.2, 0.25) is 0 Å². The maximum atomic E-state index is 8.65. The first-order chi connectivity index (χ1) is 7.36. The van der Waals surface area contributed by atoms with Gasteiger partial charge >= 0.3 is 0 Å². The van der Waals surface area contributed by atoms with Crippen molar-refractivity contribution in [2.24, 2.45) is 0 Å². The molecule has 0 saturated carbocycles. The van der Waals surface area contributed by atoms with Crippen molar-refractivity contribution in [2.45, 2.75) is 0 Å². The second-order valence-electron chi connectivity index (χ2n) is 2.80. The third-order valence-electron chi connectivity index (χ3n) is 1.70. The van der Waals surface area contributed by atoms with E-state index < -0.39 is 0 Å². The molecule has 0 aliphatic rings. The van der Waals surface area contributed by atoms with Crippen molar-refractivity contribution in [3.05, 3.63) is 29.8 Å². The smallest absolute Gasteiger partial charge is 0.189 e. The summed E-state index contributed by atoms with van der Waals surface area (Å²) in [6, 6.07) is 8.97. The molecular weight excluding hydrogens is 194 g/mol. The monoisotopic (exact) mass is 207 g/mol. The van der Waals surface area contributed by atoms with Gasteiger partial charge in [-0.3, -0.25) is 0 Å². The summed E-state index contributed by atoms with van der Waals surface area (Å²) in [6.07, 6.45) is 0. The van der Waals surface area contributed by atoms with Crippen LogP contribution in [0.3, 0.4) is 0 Å². The molecule has 0 aliphatic carbocycles. The van der Waals surface area contributed by atoms with E-state index in [2.05, 4.69) is 0 Å². The Morgan fingerprint density at radius 3 is 2.93 bits per heavy atom. The van der Waals surface area contributed by atoms with Gasteiger partial charge in [-0.2, -0.15) is 5.26 Å². The molecule has 4 nitrogen and oxygen atoms in total. The summed E-state index contributed by atoms with van der Waals surface area (Å²) in [5, 5.41) is 8.65. The van der Waals surface area contributed by atoms with Gasteiger partial charge in [-0.25, -0.2) is 0 Å². The van der Waals surface area contributed by atoms with Crippen LogP contribution in [-0.2, 0) is 9.47 Å². The van der Waals surface area contributed by atoms with Gasteiger partial charge in [0.2, 0.25) is 0 Å². The number of rotatable bonds is 6. The molecule has 0 heterocycles. The number of hydrogen-bond donors (Lipinski definition) is 0. The average Bonchev–Trinajstić information content (AvgIpc) is 2.29. The highest BCUT2D eigenvalue weighted by Crippen LogP contribution is 2.12. The molecule has 0 radical (unpaired) electrons. The van der Waals surface area contributed by atoms with Crippen molar-refractivity contribution in [3.63, 3.8) is 0 Å². The lowest BCUT2D eigenvalue weighted by Crippen LogP contribution is -2.07. The molecule has 0 N–H and O–H groups in total. The second kappa shape index (κ2) is 6.82. The first kappa shape index (κ1) is 11.5. The van der Waals surface area contributed by atoms with Crippen LogP contribution in [0.4, 0.5) is 0 Å². The van der Waals surface area contributed by atoms with Crippen LogP contribution in [0.15, 0.2) is 24.3 Å². The minimum atomic E-state index is 0.165. The van der Waals surface area contributed by atoms with Crippen molar-refractivity contribution < 1.29 is 14.2 Å². The van der Waals surface area contributed by atoms with Crippen molar-refractivity contribution in [3.8, 4) is 11.8 Å². The van der Waals surface area contributed by atoms with Crippen molar-refractivity contribution in [2.75, 3.05) is 27.1 Å². The highest BCUT2D eigenvalue weighted by Gasteiger charge is 1.95. The number of nitrogens with zero attached hydrogens (tertiary/aromatic N) is 1. The largest absolute Gasteiger partial charge is 0.468 e. The van der Waals surface area contributed by atoms with E-state index in [0.717, 1.165) is 0 Å². The summed E-state index contributed by atoms with van der Waals surface area (Å²) in [5.74, 6) is 0.631. The Kier molecular flexibility index (Phi) is 5.23. The van der Waals surface area contributed by atoms with Gasteiger partial charge in [0.25, 0.3) is 0 Å². The summed E-state index contributed by atoms with van der Waals surface area (Å²) < 4.78 is 15.2. The Morgan fingerprint density at radius 1 is 1.33 bits per heavy atom. The fourth-order valence-electron chi connectivity index (χ4n) is 0.966. The highest BCUT2D eigenvalue weighted by atomic mass is 16.7. The summed E-state index contributed by atoms with van der Waals surface area (Å²) >= 11 is 0. The number of ether oxygens (including phenoxy) is 3. The number of hydrogen-bond acceptors (Lipinski definition) is 4. The fourth-order valence-corrected chi connectivity index (χ4v) is 0.966. The lowest BCUT2D eigenvalue weighted by molar-refractivity contribution is -0.00847. The molecule has 0 saturated heterocycles. The van der Waals surface area contributed by atoms with Crippen LogP contribution in [0.5, 0.6) is 5.75 Å². The molecular formula is C11H13NO3. The topological polar surface area (TPSA) is 51.5 Å². The van der Waals surface area contributed by atoms with Crippen LogP contribution < -0.4 is 4.74 Å². The molecule has 0 spiro atoms. The maximum absolute atomic E-state index is 8.65. The summed E-state index contributed by atoms with van der Waals surface area (Å²) in [7, 11) is 1.61. The molecule has 0 atom stereocenters. The first-order valence-electron chi connectivity index (χ1n) is 4.56. The van der Waals surface area contributed by atoms with E-state index in [1.807, 2.05) is 6.07 Å². The molecule has 0 bridgehead atoms. The Labute approximate surface area is 89.0 Å². The van der Waals surface area contributed by atoms with Crippen LogP contribution in [0, 0.1) is 11.3 Å². The molecule has 0 aliphatic heterocycles. The molecule has 4 heteroatoms. The van der Waals surface area contributed by atoms with E-state index in [1.54, 1.807) is 31.4 Å². The summed E-state index contributed by atoms with van der Waals surface area (Å²) in [6.45, 7) is 1.20. The average molecular weight is 207 g/mol. The third-order valence-corrected chi connectivity index (χ3v) is 1.70. The molecule has 0 amide bonds. The molecule has 1 rings (SSSR count). The lowest BCUT2D eigenvalue weighted by Gasteiger charge is -2.06. The van der Waals surface area contributed by atoms with Crippen molar-refractivity contribution in [1.29, 1.82) is 5.26 Å². The standard InChI is InChI=1S/C11H13NO3/c1-13-5-6-14-9-15-11-4-2-3-10(7-11)8-12/h2-4,7H,5-6,9H2,1H3. The zero-order valence-corrected chi connectivity index (χ0v) is 8.60. The third kappa shape index (κ3) is 4.45. The summed E-state index contributed by atoms with van der Waals surface area (Å²) in [4.78, 5) is 0. The molecule has 1 aromatic rings. The lowest BCUT2D eigenvalue weighted by atomic mass is 10.2. The SMILES string of the molecule is COCCOCOc1cccc(C#N)c1. The minimum Gasteiger partial charge on any atom is -0.468 e. The van der Waals surface area contributed by atoms with Gasteiger partial charge in [-0.15, -0.1) is 0 Å². The molecule has 15 heavy (non-hydrogen) atoms. The van der Waals surface area contributed by atoms with E-state index in [4.69, 9.17) is 19.5 Å². The van der Waals surface area contributed by atoms with Crippen LogP contribution >= 0.6 is 0 Å². The Hall–Kier alpha value is -1.57. The van der Waals surface area contributed by atoms with E-state index in [9.17, 15) is 0 Å². The van der Waals surface area contributed by atoms with E-state index in [0.29, 0.717) is 24.5 Å². The first-order valence-corrected chi connectivity index (χ1v) is 4.56. The van der Waals surface area contributed by atoms with Gasteiger partial charge in [0, 0.05) is 7.11 Å². The molecule has 80 valence electrons.